The van der Waals surface area contributed by atoms with Gasteiger partial charge in [0.15, 0.2) is 0 Å². The maximum absolute atomic E-state index is 14.8. The van der Waals surface area contributed by atoms with Gasteiger partial charge in [-0.1, -0.05) is 36.4 Å². The molecular weight excluding hydrogens is 537 g/mol. The van der Waals surface area contributed by atoms with Crippen molar-refractivity contribution in [3.63, 3.8) is 0 Å². The summed E-state index contributed by atoms with van der Waals surface area (Å²) in [5.74, 6) is -1.99. The van der Waals surface area contributed by atoms with Crippen molar-refractivity contribution in [1.82, 2.24) is 5.32 Å². The molecular formula is C33H32FN3O5. The van der Waals surface area contributed by atoms with Gasteiger partial charge < -0.3 is 25.8 Å². The zero-order chi connectivity index (χ0) is 30.3. The molecule has 0 saturated carbocycles. The maximum atomic E-state index is 14.8. The molecule has 4 rings (SSSR count). The molecule has 4 aromatic rings. The van der Waals surface area contributed by atoms with Crippen LogP contribution in [0.15, 0.2) is 91.0 Å². The second-order valence-corrected chi connectivity index (χ2v) is 10.7. The van der Waals surface area contributed by atoms with E-state index in [1.54, 1.807) is 69.3 Å². The molecule has 0 aliphatic carbocycles. The van der Waals surface area contributed by atoms with Crippen molar-refractivity contribution >= 4 is 35.0 Å². The average Bonchev–Trinajstić information content (AvgIpc) is 2.92. The quantitative estimate of drug-likeness (QED) is 0.170. The SMILES string of the molecule is CC(C)(C)OC(=O)NCc1cc(F)cc(-c2cc(Nc3ccccc3)cc(C(=O)Nc3ccccc3CC(=O)O)c2)c1. The molecule has 4 N–H and O–H groups in total. The van der Waals surface area contributed by atoms with E-state index in [9.17, 15) is 23.9 Å². The number of hydrogen-bond acceptors (Lipinski definition) is 5. The number of benzene rings is 4. The number of carboxylic acid groups (broad SMARTS) is 1. The number of carbonyl (C=O) groups excluding carboxylic acids is 2. The number of para-hydroxylation sites is 2. The van der Waals surface area contributed by atoms with E-state index in [0.717, 1.165) is 5.69 Å². The summed E-state index contributed by atoms with van der Waals surface area (Å²) in [7, 11) is 0. The van der Waals surface area contributed by atoms with Crippen molar-refractivity contribution in [3.05, 3.63) is 114 Å². The van der Waals surface area contributed by atoms with Crippen LogP contribution in [0.4, 0.5) is 26.2 Å². The predicted octanol–water partition coefficient (Wildman–Crippen LogP) is 7.14. The lowest BCUT2D eigenvalue weighted by Crippen LogP contribution is -2.32. The topological polar surface area (TPSA) is 117 Å². The van der Waals surface area contributed by atoms with Gasteiger partial charge in [0.1, 0.15) is 11.4 Å². The van der Waals surface area contributed by atoms with Crippen LogP contribution in [0.2, 0.25) is 0 Å². The molecule has 0 unspecified atom stereocenters. The van der Waals surface area contributed by atoms with Crippen LogP contribution < -0.4 is 16.0 Å². The largest absolute Gasteiger partial charge is 0.481 e. The van der Waals surface area contributed by atoms with E-state index in [-0.39, 0.29) is 18.5 Å². The van der Waals surface area contributed by atoms with Crippen molar-refractivity contribution < 1.29 is 28.6 Å². The van der Waals surface area contributed by atoms with Crippen LogP contribution in [0.1, 0.15) is 42.3 Å². The number of anilines is 3. The Kier molecular flexibility index (Phi) is 9.22. The Morgan fingerprint density at radius 1 is 0.833 bits per heavy atom. The van der Waals surface area contributed by atoms with Crippen LogP contribution in [0, 0.1) is 5.82 Å². The van der Waals surface area contributed by atoms with Crippen molar-refractivity contribution in [2.24, 2.45) is 0 Å². The van der Waals surface area contributed by atoms with E-state index in [1.807, 2.05) is 30.3 Å². The second kappa shape index (κ2) is 13.0. The molecule has 9 heteroatoms. The second-order valence-electron chi connectivity index (χ2n) is 10.7. The smallest absolute Gasteiger partial charge is 0.407 e. The van der Waals surface area contributed by atoms with Gasteiger partial charge in [-0.2, -0.15) is 0 Å². The van der Waals surface area contributed by atoms with E-state index in [2.05, 4.69) is 16.0 Å². The molecule has 0 spiro atoms. The molecule has 0 atom stereocenters. The van der Waals surface area contributed by atoms with Gasteiger partial charge in [0.2, 0.25) is 0 Å². The Morgan fingerprint density at radius 3 is 2.24 bits per heavy atom. The lowest BCUT2D eigenvalue weighted by molar-refractivity contribution is -0.136. The summed E-state index contributed by atoms with van der Waals surface area (Å²) in [5.41, 5.74) is 3.37. The highest BCUT2D eigenvalue weighted by molar-refractivity contribution is 6.06. The summed E-state index contributed by atoms with van der Waals surface area (Å²) in [5, 5.41) is 18.0. The number of nitrogens with one attached hydrogen (secondary N) is 3. The van der Waals surface area contributed by atoms with Crippen LogP contribution in [0.25, 0.3) is 11.1 Å². The number of amides is 2. The molecule has 0 saturated heterocycles. The van der Waals surface area contributed by atoms with Crippen molar-refractivity contribution in [2.45, 2.75) is 39.3 Å². The summed E-state index contributed by atoms with van der Waals surface area (Å²) in [6.45, 7) is 5.29. The van der Waals surface area contributed by atoms with Gasteiger partial charge >= 0.3 is 12.1 Å². The van der Waals surface area contributed by atoms with Crippen LogP contribution in [0.5, 0.6) is 0 Å². The first kappa shape index (κ1) is 29.8. The van der Waals surface area contributed by atoms with Gasteiger partial charge in [0, 0.05) is 29.2 Å². The van der Waals surface area contributed by atoms with Gasteiger partial charge in [-0.3, -0.25) is 9.59 Å². The third kappa shape index (κ3) is 8.66. The van der Waals surface area contributed by atoms with E-state index in [0.29, 0.717) is 33.6 Å². The van der Waals surface area contributed by atoms with Crippen molar-refractivity contribution in [2.75, 3.05) is 10.6 Å². The van der Waals surface area contributed by atoms with Crippen LogP contribution in [-0.2, 0) is 22.5 Å². The third-order valence-electron chi connectivity index (χ3n) is 5.99. The van der Waals surface area contributed by atoms with Crippen LogP contribution in [-0.4, -0.2) is 28.7 Å². The Balaban J connectivity index is 1.67. The molecule has 4 aromatic carbocycles. The highest BCUT2D eigenvalue weighted by Gasteiger charge is 2.17. The molecule has 0 aromatic heterocycles. The number of ether oxygens (including phenoxy) is 1. The van der Waals surface area contributed by atoms with E-state index >= 15 is 0 Å². The lowest BCUT2D eigenvalue weighted by atomic mass is 9.99. The van der Waals surface area contributed by atoms with Crippen molar-refractivity contribution in [1.29, 1.82) is 0 Å². The minimum atomic E-state index is -1.02. The van der Waals surface area contributed by atoms with Gasteiger partial charge in [0.05, 0.1) is 6.42 Å². The van der Waals surface area contributed by atoms with Crippen LogP contribution in [0.3, 0.4) is 0 Å². The van der Waals surface area contributed by atoms with E-state index < -0.39 is 29.4 Å². The summed E-state index contributed by atoms with van der Waals surface area (Å²) >= 11 is 0. The predicted molar refractivity (Wildman–Crippen MR) is 160 cm³/mol. The minimum Gasteiger partial charge on any atom is -0.481 e. The summed E-state index contributed by atoms with van der Waals surface area (Å²) in [6.07, 6.45) is -0.870. The van der Waals surface area contributed by atoms with E-state index in [4.69, 9.17) is 4.74 Å². The molecule has 0 fully saturated rings. The number of carbonyl (C=O) groups is 3. The number of rotatable bonds is 9. The molecule has 0 aliphatic heterocycles. The summed E-state index contributed by atoms with van der Waals surface area (Å²) in [4.78, 5) is 36.9. The number of carboxylic acids is 1. The summed E-state index contributed by atoms with van der Waals surface area (Å²) in [6, 6.07) is 25.5. The first-order valence-electron chi connectivity index (χ1n) is 13.3. The molecule has 0 radical (unpaired) electrons. The monoisotopic (exact) mass is 569 g/mol. The molecule has 0 aliphatic rings. The van der Waals surface area contributed by atoms with Gasteiger partial charge in [0.25, 0.3) is 5.91 Å². The first-order valence-corrected chi connectivity index (χ1v) is 13.3. The average molecular weight is 570 g/mol. The summed E-state index contributed by atoms with van der Waals surface area (Å²) < 4.78 is 20.0. The Hall–Kier alpha value is -5.18. The third-order valence-corrected chi connectivity index (χ3v) is 5.99. The standard InChI is InChI=1S/C33H32FN3O5/c1-33(2,3)42-32(41)35-20-21-13-23(16-26(34)14-21)24-15-25(18-28(17-24)36-27-10-5-4-6-11-27)31(40)37-29-12-8-7-9-22(29)19-30(38)39/h4-18,36H,19-20H2,1-3H3,(H,35,41)(H,37,40)(H,38,39). The maximum Gasteiger partial charge on any atom is 0.407 e. The highest BCUT2D eigenvalue weighted by Crippen LogP contribution is 2.29. The number of aliphatic carboxylic acids is 1. The minimum absolute atomic E-state index is 0.0370. The fourth-order valence-corrected chi connectivity index (χ4v) is 4.25. The molecule has 8 nitrogen and oxygen atoms in total. The molecule has 0 bridgehead atoms. The fraction of sp³-hybridized carbons (Fsp3) is 0.182. The molecule has 42 heavy (non-hydrogen) atoms. The van der Waals surface area contributed by atoms with Gasteiger partial charge in [-0.25, -0.2) is 9.18 Å². The number of halogens is 1. The van der Waals surface area contributed by atoms with Crippen molar-refractivity contribution in [3.8, 4) is 11.1 Å². The number of hydrogen-bond donors (Lipinski definition) is 4. The molecule has 0 heterocycles. The molecule has 2 amide bonds. The van der Waals surface area contributed by atoms with Crippen LogP contribution >= 0.6 is 0 Å². The zero-order valence-electron chi connectivity index (χ0n) is 23.5. The van der Waals surface area contributed by atoms with E-state index in [1.165, 1.54) is 12.1 Å². The Bertz CT molecular complexity index is 1600. The number of alkyl carbamates (subject to hydrolysis) is 1. The lowest BCUT2D eigenvalue weighted by Gasteiger charge is -2.19. The molecule has 216 valence electrons. The highest BCUT2D eigenvalue weighted by atomic mass is 19.1. The first-order chi connectivity index (χ1) is 19.9. The Morgan fingerprint density at radius 2 is 1.52 bits per heavy atom. The van der Waals surface area contributed by atoms with Gasteiger partial charge in [-0.05, 0) is 97.6 Å². The Labute approximate surface area is 243 Å². The fourth-order valence-electron chi connectivity index (χ4n) is 4.25. The van der Waals surface area contributed by atoms with Gasteiger partial charge in [-0.15, -0.1) is 0 Å². The zero-order valence-corrected chi connectivity index (χ0v) is 23.5. The normalized spacial score (nSPS) is 11.0.